The van der Waals surface area contributed by atoms with Crippen molar-refractivity contribution < 1.29 is 9.47 Å². The Balaban J connectivity index is 1.76. The summed E-state index contributed by atoms with van der Waals surface area (Å²) in [6.07, 6.45) is 1.74. The van der Waals surface area contributed by atoms with E-state index < -0.39 is 0 Å². The van der Waals surface area contributed by atoms with Gasteiger partial charge in [0.2, 0.25) is 0 Å². The Morgan fingerprint density at radius 3 is 2.85 bits per heavy atom. The van der Waals surface area contributed by atoms with Crippen LogP contribution < -0.4 is 10.1 Å². The highest BCUT2D eigenvalue weighted by molar-refractivity contribution is 7.09. The SMILES string of the molecule is COCCNCc1ccc(OCc2csc(C)n2)cn1. The molecular formula is C14H19N3O2S. The summed E-state index contributed by atoms with van der Waals surface area (Å²) >= 11 is 1.63. The lowest BCUT2D eigenvalue weighted by molar-refractivity contribution is 0.199. The Morgan fingerprint density at radius 1 is 1.30 bits per heavy atom. The van der Waals surface area contributed by atoms with Crippen LogP contribution in [0.2, 0.25) is 0 Å². The molecular weight excluding hydrogens is 274 g/mol. The molecule has 0 fully saturated rings. The third-order valence-corrected chi connectivity index (χ3v) is 3.46. The first-order chi connectivity index (χ1) is 9.78. The van der Waals surface area contributed by atoms with Crippen molar-refractivity contribution in [1.29, 1.82) is 0 Å². The van der Waals surface area contributed by atoms with E-state index in [-0.39, 0.29) is 0 Å². The number of aromatic nitrogens is 2. The van der Waals surface area contributed by atoms with E-state index in [0.717, 1.165) is 35.2 Å². The standard InChI is InChI=1S/C14H19N3O2S/c1-11-17-13(10-20-11)9-19-14-4-3-12(16-8-14)7-15-5-6-18-2/h3-4,8,10,15H,5-7,9H2,1-2H3. The average Bonchev–Trinajstić information content (AvgIpc) is 2.88. The van der Waals surface area contributed by atoms with Crippen LogP contribution in [0.15, 0.2) is 23.7 Å². The summed E-state index contributed by atoms with van der Waals surface area (Å²) in [5, 5.41) is 6.31. The highest BCUT2D eigenvalue weighted by Gasteiger charge is 2.01. The van der Waals surface area contributed by atoms with Crippen molar-refractivity contribution in [3.63, 3.8) is 0 Å². The third-order valence-electron chi connectivity index (χ3n) is 2.64. The molecule has 2 rings (SSSR count). The molecule has 0 bridgehead atoms. The maximum absolute atomic E-state index is 5.64. The van der Waals surface area contributed by atoms with Gasteiger partial charge in [0.25, 0.3) is 0 Å². The number of thiazole rings is 1. The van der Waals surface area contributed by atoms with Gasteiger partial charge < -0.3 is 14.8 Å². The van der Waals surface area contributed by atoms with Crippen LogP contribution in [0.1, 0.15) is 16.4 Å². The molecule has 0 aliphatic rings. The van der Waals surface area contributed by atoms with Crippen LogP contribution >= 0.6 is 11.3 Å². The molecule has 0 saturated heterocycles. The fourth-order valence-electron chi connectivity index (χ4n) is 1.62. The Hall–Kier alpha value is -1.50. The molecule has 2 aromatic rings. The fraction of sp³-hybridized carbons (Fsp3) is 0.429. The molecule has 0 spiro atoms. The minimum absolute atomic E-state index is 0.484. The van der Waals surface area contributed by atoms with Gasteiger partial charge in [-0.05, 0) is 19.1 Å². The first-order valence-electron chi connectivity index (χ1n) is 6.46. The van der Waals surface area contributed by atoms with Crippen molar-refractivity contribution in [1.82, 2.24) is 15.3 Å². The van der Waals surface area contributed by atoms with Crippen molar-refractivity contribution in [3.8, 4) is 5.75 Å². The van der Waals surface area contributed by atoms with E-state index in [2.05, 4.69) is 15.3 Å². The van der Waals surface area contributed by atoms with Crippen LogP contribution in [0.4, 0.5) is 0 Å². The van der Waals surface area contributed by atoms with Crippen LogP contribution in [-0.2, 0) is 17.9 Å². The zero-order valence-corrected chi connectivity index (χ0v) is 12.6. The van der Waals surface area contributed by atoms with Crippen LogP contribution in [0.5, 0.6) is 5.75 Å². The second kappa shape index (κ2) is 7.94. The topological polar surface area (TPSA) is 56.3 Å². The fourth-order valence-corrected chi connectivity index (χ4v) is 2.22. The molecule has 1 N–H and O–H groups in total. The Kier molecular flexibility index (Phi) is 5.91. The van der Waals surface area contributed by atoms with E-state index in [9.17, 15) is 0 Å². The Labute approximate surface area is 123 Å². The van der Waals surface area contributed by atoms with Gasteiger partial charge in [0.15, 0.2) is 0 Å². The van der Waals surface area contributed by atoms with E-state index in [4.69, 9.17) is 9.47 Å². The smallest absolute Gasteiger partial charge is 0.138 e. The molecule has 0 amide bonds. The summed E-state index contributed by atoms with van der Waals surface area (Å²) in [5.74, 6) is 0.760. The first-order valence-corrected chi connectivity index (χ1v) is 7.34. The zero-order chi connectivity index (χ0) is 14.2. The highest BCUT2D eigenvalue weighted by Crippen LogP contribution is 2.13. The minimum Gasteiger partial charge on any atom is -0.486 e. The van der Waals surface area contributed by atoms with E-state index in [1.807, 2.05) is 24.4 Å². The summed E-state index contributed by atoms with van der Waals surface area (Å²) in [6, 6.07) is 3.89. The van der Waals surface area contributed by atoms with Gasteiger partial charge in [0.1, 0.15) is 12.4 Å². The Bertz CT molecular complexity index is 513. The van der Waals surface area contributed by atoms with E-state index in [1.165, 1.54) is 0 Å². The van der Waals surface area contributed by atoms with Gasteiger partial charge in [0, 0.05) is 25.6 Å². The molecule has 2 heterocycles. The average molecular weight is 293 g/mol. The number of nitrogens with one attached hydrogen (secondary N) is 1. The number of methoxy groups -OCH3 is 1. The minimum atomic E-state index is 0.484. The molecule has 2 aromatic heterocycles. The second-order valence-electron chi connectivity index (χ2n) is 4.30. The van der Waals surface area contributed by atoms with Crippen molar-refractivity contribution in [3.05, 3.63) is 40.1 Å². The number of nitrogens with zero attached hydrogens (tertiary/aromatic N) is 2. The zero-order valence-electron chi connectivity index (χ0n) is 11.8. The van der Waals surface area contributed by atoms with Crippen molar-refractivity contribution in [2.45, 2.75) is 20.1 Å². The number of rotatable bonds is 8. The van der Waals surface area contributed by atoms with Crippen LogP contribution in [-0.4, -0.2) is 30.2 Å². The van der Waals surface area contributed by atoms with Gasteiger partial charge in [0.05, 0.1) is 29.2 Å². The summed E-state index contributed by atoms with van der Waals surface area (Å²) in [5.41, 5.74) is 1.94. The molecule has 0 radical (unpaired) electrons. The van der Waals surface area contributed by atoms with Gasteiger partial charge >= 0.3 is 0 Å². The molecule has 0 atom stereocenters. The summed E-state index contributed by atoms with van der Waals surface area (Å²) < 4.78 is 10.6. The van der Waals surface area contributed by atoms with Crippen LogP contribution in [0.25, 0.3) is 0 Å². The number of hydrogen-bond acceptors (Lipinski definition) is 6. The number of hydrogen-bond donors (Lipinski definition) is 1. The van der Waals surface area contributed by atoms with Gasteiger partial charge in [-0.25, -0.2) is 4.98 Å². The van der Waals surface area contributed by atoms with Gasteiger partial charge in [-0.2, -0.15) is 0 Å². The van der Waals surface area contributed by atoms with E-state index in [1.54, 1.807) is 24.6 Å². The molecule has 108 valence electrons. The predicted molar refractivity (Wildman–Crippen MR) is 79.0 cm³/mol. The lowest BCUT2D eigenvalue weighted by Crippen LogP contribution is -2.19. The molecule has 0 aliphatic carbocycles. The first kappa shape index (κ1) is 14.9. The molecule has 0 aliphatic heterocycles. The summed E-state index contributed by atoms with van der Waals surface area (Å²) in [7, 11) is 1.69. The predicted octanol–water partition coefficient (Wildman–Crippen LogP) is 2.16. The molecule has 6 heteroatoms. The lowest BCUT2D eigenvalue weighted by atomic mass is 10.3. The highest BCUT2D eigenvalue weighted by atomic mass is 32.1. The lowest BCUT2D eigenvalue weighted by Gasteiger charge is -2.06. The number of pyridine rings is 1. The monoisotopic (exact) mass is 293 g/mol. The van der Waals surface area contributed by atoms with Gasteiger partial charge in [-0.3, -0.25) is 4.98 Å². The maximum Gasteiger partial charge on any atom is 0.138 e. The number of aryl methyl sites for hydroxylation is 1. The molecule has 0 unspecified atom stereocenters. The molecule has 20 heavy (non-hydrogen) atoms. The normalized spacial score (nSPS) is 10.7. The van der Waals surface area contributed by atoms with Gasteiger partial charge in [-0.1, -0.05) is 0 Å². The van der Waals surface area contributed by atoms with Crippen LogP contribution in [0.3, 0.4) is 0 Å². The van der Waals surface area contributed by atoms with Crippen molar-refractivity contribution >= 4 is 11.3 Å². The van der Waals surface area contributed by atoms with Crippen LogP contribution in [0, 0.1) is 6.92 Å². The second-order valence-corrected chi connectivity index (χ2v) is 5.36. The summed E-state index contributed by atoms with van der Waals surface area (Å²) in [6.45, 7) is 4.72. The number of ether oxygens (including phenoxy) is 2. The quantitative estimate of drug-likeness (QED) is 0.756. The summed E-state index contributed by atoms with van der Waals surface area (Å²) in [4.78, 5) is 8.70. The van der Waals surface area contributed by atoms with Gasteiger partial charge in [-0.15, -0.1) is 11.3 Å². The molecule has 0 aromatic carbocycles. The molecule has 0 saturated carbocycles. The van der Waals surface area contributed by atoms with E-state index >= 15 is 0 Å². The largest absolute Gasteiger partial charge is 0.486 e. The van der Waals surface area contributed by atoms with Crippen molar-refractivity contribution in [2.24, 2.45) is 0 Å². The van der Waals surface area contributed by atoms with E-state index in [0.29, 0.717) is 13.2 Å². The third kappa shape index (κ3) is 4.88. The molecule has 5 nitrogen and oxygen atoms in total. The van der Waals surface area contributed by atoms with Crippen molar-refractivity contribution in [2.75, 3.05) is 20.3 Å². The maximum atomic E-state index is 5.64. The Morgan fingerprint density at radius 2 is 2.20 bits per heavy atom.